The van der Waals surface area contributed by atoms with Gasteiger partial charge in [0.15, 0.2) is 0 Å². The van der Waals surface area contributed by atoms with Crippen molar-refractivity contribution in [2.45, 2.75) is 38.8 Å². The Balaban J connectivity index is 2.19. The summed E-state index contributed by atoms with van der Waals surface area (Å²) in [4.78, 5) is 13.5. The first-order valence-corrected chi connectivity index (χ1v) is 6.77. The first-order chi connectivity index (χ1) is 9.08. The molecule has 0 saturated carbocycles. The van der Waals surface area contributed by atoms with E-state index in [9.17, 15) is 9.90 Å². The standard InChI is InChI=1S/C15H21NO3/c1-3-19-13-8-5-4-7-12(13)11-16-10-6-9-15(16,2)14(17)18/h4-5,7-8H,3,6,9-11H2,1-2H3,(H,17,18). The van der Waals surface area contributed by atoms with Crippen LogP contribution in [0.5, 0.6) is 5.75 Å². The van der Waals surface area contributed by atoms with Gasteiger partial charge in [-0.25, -0.2) is 0 Å². The number of carboxylic acid groups (broad SMARTS) is 1. The number of rotatable bonds is 5. The lowest BCUT2D eigenvalue weighted by Gasteiger charge is -2.31. The van der Waals surface area contributed by atoms with E-state index in [-0.39, 0.29) is 0 Å². The predicted molar refractivity (Wildman–Crippen MR) is 73.3 cm³/mol. The lowest BCUT2D eigenvalue weighted by atomic mass is 9.99. The van der Waals surface area contributed by atoms with E-state index < -0.39 is 11.5 Å². The van der Waals surface area contributed by atoms with Crippen molar-refractivity contribution in [3.8, 4) is 5.75 Å². The number of benzene rings is 1. The Labute approximate surface area is 114 Å². The third-order valence-electron chi connectivity index (χ3n) is 3.88. The molecule has 1 saturated heterocycles. The number of hydrogen-bond acceptors (Lipinski definition) is 3. The fourth-order valence-corrected chi connectivity index (χ4v) is 2.65. The van der Waals surface area contributed by atoms with Crippen molar-refractivity contribution in [2.24, 2.45) is 0 Å². The zero-order valence-electron chi connectivity index (χ0n) is 11.6. The zero-order valence-corrected chi connectivity index (χ0v) is 11.6. The van der Waals surface area contributed by atoms with Crippen LogP contribution in [0.2, 0.25) is 0 Å². The SMILES string of the molecule is CCOc1ccccc1CN1CCCC1(C)C(=O)O. The van der Waals surface area contributed by atoms with Crippen LogP contribution in [0.25, 0.3) is 0 Å². The molecular weight excluding hydrogens is 242 g/mol. The number of carboxylic acids is 1. The highest BCUT2D eigenvalue weighted by Gasteiger charge is 2.43. The minimum atomic E-state index is -0.751. The van der Waals surface area contributed by atoms with Crippen LogP contribution in [0.4, 0.5) is 0 Å². The molecule has 1 unspecified atom stereocenters. The molecule has 1 fully saturated rings. The van der Waals surface area contributed by atoms with Crippen molar-refractivity contribution in [1.82, 2.24) is 4.90 Å². The van der Waals surface area contributed by atoms with E-state index in [1.165, 1.54) is 0 Å². The molecule has 1 atom stereocenters. The van der Waals surface area contributed by atoms with E-state index in [0.717, 1.165) is 24.3 Å². The molecule has 2 rings (SSSR count). The van der Waals surface area contributed by atoms with Crippen molar-refractivity contribution < 1.29 is 14.6 Å². The van der Waals surface area contributed by atoms with Gasteiger partial charge in [-0.3, -0.25) is 9.69 Å². The van der Waals surface area contributed by atoms with Crippen molar-refractivity contribution in [3.63, 3.8) is 0 Å². The molecule has 0 aromatic heterocycles. The van der Waals surface area contributed by atoms with E-state index in [4.69, 9.17) is 4.74 Å². The van der Waals surface area contributed by atoms with Crippen LogP contribution in [0.3, 0.4) is 0 Å². The van der Waals surface area contributed by atoms with Gasteiger partial charge >= 0.3 is 5.97 Å². The van der Waals surface area contributed by atoms with Crippen molar-refractivity contribution in [3.05, 3.63) is 29.8 Å². The van der Waals surface area contributed by atoms with Crippen LogP contribution >= 0.6 is 0 Å². The molecule has 0 spiro atoms. The average Bonchev–Trinajstić information content (AvgIpc) is 2.75. The maximum absolute atomic E-state index is 11.5. The maximum Gasteiger partial charge on any atom is 0.323 e. The summed E-state index contributed by atoms with van der Waals surface area (Å²) in [7, 11) is 0. The van der Waals surface area contributed by atoms with Gasteiger partial charge in [0.2, 0.25) is 0 Å². The maximum atomic E-state index is 11.5. The summed E-state index contributed by atoms with van der Waals surface area (Å²) in [6.45, 7) is 5.83. The van der Waals surface area contributed by atoms with Gasteiger partial charge in [0.25, 0.3) is 0 Å². The van der Waals surface area contributed by atoms with Gasteiger partial charge in [0.05, 0.1) is 6.61 Å². The molecule has 104 valence electrons. The zero-order chi connectivity index (χ0) is 13.9. The first kappa shape index (κ1) is 13.9. The van der Waals surface area contributed by atoms with Crippen molar-refractivity contribution in [2.75, 3.05) is 13.2 Å². The summed E-state index contributed by atoms with van der Waals surface area (Å²) in [5.74, 6) is 0.114. The Kier molecular flexibility index (Phi) is 4.10. The second kappa shape index (κ2) is 5.61. The van der Waals surface area contributed by atoms with Gasteiger partial charge in [-0.15, -0.1) is 0 Å². The minimum absolute atomic E-state index is 0.618. The second-order valence-corrected chi connectivity index (χ2v) is 5.14. The first-order valence-electron chi connectivity index (χ1n) is 6.77. The molecule has 19 heavy (non-hydrogen) atoms. The van der Waals surface area contributed by atoms with Gasteiger partial charge in [0, 0.05) is 12.1 Å². The quantitative estimate of drug-likeness (QED) is 0.887. The molecule has 1 aromatic carbocycles. The molecule has 0 amide bonds. The summed E-state index contributed by atoms with van der Waals surface area (Å²) < 4.78 is 5.60. The highest BCUT2D eigenvalue weighted by molar-refractivity contribution is 5.78. The highest BCUT2D eigenvalue weighted by atomic mass is 16.5. The second-order valence-electron chi connectivity index (χ2n) is 5.14. The van der Waals surface area contributed by atoms with E-state index in [2.05, 4.69) is 0 Å². The summed E-state index contributed by atoms with van der Waals surface area (Å²) in [6, 6.07) is 7.85. The normalized spacial score (nSPS) is 23.5. The number of nitrogens with zero attached hydrogens (tertiary/aromatic N) is 1. The summed E-state index contributed by atoms with van der Waals surface area (Å²) in [6.07, 6.45) is 1.64. The van der Waals surface area contributed by atoms with Crippen LogP contribution < -0.4 is 4.74 Å². The molecule has 1 aliphatic rings. The number of ether oxygens (including phenoxy) is 1. The van der Waals surface area contributed by atoms with Crippen molar-refractivity contribution >= 4 is 5.97 Å². The number of aliphatic carboxylic acids is 1. The molecule has 0 radical (unpaired) electrons. The Bertz CT molecular complexity index is 460. The van der Waals surface area contributed by atoms with Gasteiger partial charge in [-0.1, -0.05) is 18.2 Å². The highest BCUT2D eigenvalue weighted by Crippen LogP contribution is 2.32. The molecule has 4 nitrogen and oxygen atoms in total. The molecule has 1 aliphatic heterocycles. The topological polar surface area (TPSA) is 49.8 Å². The monoisotopic (exact) mass is 263 g/mol. The van der Waals surface area contributed by atoms with Gasteiger partial charge < -0.3 is 9.84 Å². The molecule has 1 aromatic rings. The van der Waals surface area contributed by atoms with E-state index in [1.807, 2.05) is 43.0 Å². The van der Waals surface area contributed by atoms with Crippen molar-refractivity contribution in [1.29, 1.82) is 0 Å². The van der Waals surface area contributed by atoms with Crippen LogP contribution in [-0.4, -0.2) is 34.7 Å². The molecular formula is C15H21NO3. The fraction of sp³-hybridized carbons (Fsp3) is 0.533. The Morgan fingerprint density at radius 1 is 1.47 bits per heavy atom. The molecule has 4 heteroatoms. The predicted octanol–water partition coefficient (Wildman–Crippen LogP) is 2.52. The summed E-state index contributed by atoms with van der Waals surface area (Å²) in [5, 5.41) is 9.42. The average molecular weight is 263 g/mol. The summed E-state index contributed by atoms with van der Waals surface area (Å²) >= 11 is 0. The van der Waals surface area contributed by atoms with Crippen LogP contribution in [0, 0.1) is 0 Å². The molecule has 1 heterocycles. The van der Waals surface area contributed by atoms with E-state index in [1.54, 1.807) is 0 Å². The largest absolute Gasteiger partial charge is 0.494 e. The smallest absolute Gasteiger partial charge is 0.323 e. The minimum Gasteiger partial charge on any atom is -0.494 e. The lowest BCUT2D eigenvalue weighted by molar-refractivity contribution is -0.148. The third-order valence-corrected chi connectivity index (χ3v) is 3.88. The van der Waals surface area contributed by atoms with Crippen LogP contribution in [0.15, 0.2) is 24.3 Å². The van der Waals surface area contributed by atoms with E-state index in [0.29, 0.717) is 19.6 Å². The Morgan fingerprint density at radius 3 is 2.89 bits per heavy atom. The summed E-state index contributed by atoms with van der Waals surface area (Å²) in [5.41, 5.74) is 0.304. The third kappa shape index (κ3) is 2.73. The van der Waals surface area contributed by atoms with Gasteiger partial charge in [0.1, 0.15) is 11.3 Å². The number of likely N-dealkylation sites (tertiary alicyclic amines) is 1. The lowest BCUT2D eigenvalue weighted by Crippen LogP contribution is -2.47. The molecule has 0 aliphatic carbocycles. The molecule has 0 bridgehead atoms. The van der Waals surface area contributed by atoms with Crippen LogP contribution in [0.1, 0.15) is 32.3 Å². The number of hydrogen-bond donors (Lipinski definition) is 1. The van der Waals surface area contributed by atoms with Crippen LogP contribution in [-0.2, 0) is 11.3 Å². The Hall–Kier alpha value is -1.55. The Morgan fingerprint density at radius 2 is 2.21 bits per heavy atom. The molecule has 1 N–H and O–H groups in total. The van der Waals surface area contributed by atoms with Gasteiger partial charge in [-0.2, -0.15) is 0 Å². The number of para-hydroxylation sites is 1. The van der Waals surface area contributed by atoms with Gasteiger partial charge in [-0.05, 0) is 39.3 Å². The van der Waals surface area contributed by atoms with E-state index >= 15 is 0 Å². The number of carbonyl (C=O) groups is 1. The fourth-order valence-electron chi connectivity index (χ4n) is 2.65.